The third-order valence-corrected chi connectivity index (χ3v) is 4.86. The van der Waals surface area contributed by atoms with Crippen LogP contribution in [0.2, 0.25) is 0 Å². The molecule has 0 aliphatic heterocycles. The summed E-state index contributed by atoms with van der Waals surface area (Å²) < 4.78 is 2.08. The van der Waals surface area contributed by atoms with Gasteiger partial charge < -0.3 is 5.32 Å². The van der Waals surface area contributed by atoms with Crippen molar-refractivity contribution in [2.75, 3.05) is 5.32 Å². The number of halogens is 1. The molecule has 0 saturated heterocycles. The number of anilines is 1. The smallest absolute Gasteiger partial charge is 0.283 e. The van der Waals surface area contributed by atoms with E-state index in [1.165, 1.54) is 9.56 Å². The summed E-state index contributed by atoms with van der Waals surface area (Å²) in [5.41, 5.74) is 0.688. The predicted molar refractivity (Wildman–Crippen MR) is 92.2 cm³/mol. The Morgan fingerprint density at radius 1 is 1.52 bits per heavy atom. The molecule has 0 fully saturated rings. The average Bonchev–Trinajstić information content (AvgIpc) is 2.96. The fourth-order valence-corrected chi connectivity index (χ4v) is 3.34. The maximum Gasteiger partial charge on any atom is 0.283 e. The minimum absolute atomic E-state index is 0.0724. The van der Waals surface area contributed by atoms with E-state index in [4.69, 9.17) is 0 Å². The first-order valence-electron chi connectivity index (χ1n) is 7.16. The minimum Gasteiger partial charge on any atom is -0.380 e. The molecule has 2 rings (SSSR count). The molecule has 1 N–H and O–H groups in total. The van der Waals surface area contributed by atoms with Crippen LogP contribution in [0.3, 0.4) is 0 Å². The van der Waals surface area contributed by atoms with Crippen LogP contribution >= 0.6 is 27.3 Å². The molecule has 21 heavy (non-hydrogen) atoms. The molecule has 114 valence electrons. The average molecular weight is 370 g/mol. The molecular formula is C15H20BrN3OS. The van der Waals surface area contributed by atoms with E-state index in [1.54, 1.807) is 17.5 Å². The van der Waals surface area contributed by atoms with Crippen molar-refractivity contribution in [2.24, 2.45) is 0 Å². The molecule has 1 atom stereocenters. The highest BCUT2D eigenvalue weighted by Gasteiger charge is 2.11. The number of unbranched alkanes of at least 4 members (excludes halogenated alkanes) is 1. The number of nitrogens with one attached hydrogen (secondary N) is 1. The van der Waals surface area contributed by atoms with Crippen LogP contribution in [-0.4, -0.2) is 15.8 Å². The van der Waals surface area contributed by atoms with Crippen LogP contribution in [0, 0.1) is 0 Å². The quantitative estimate of drug-likeness (QED) is 0.804. The summed E-state index contributed by atoms with van der Waals surface area (Å²) in [4.78, 5) is 13.5. The van der Waals surface area contributed by atoms with Gasteiger partial charge in [-0.15, -0.1) is 11.3 Å². The van der Waals surface area contributed by atoms with Gasteiger partial charge in [-0.05, 0) is 40.7 Å². The molecular weight excluding hydrogens is 350 g/mol. The molecule has 0 spiro atoms. The highest BCUT2D eigenvalue weighted by Crippen LogP contribution is 2.19. The molecule has 1 unspecified atom stereocenters. The molecule has 0 amide bonds. The standard InChI is InChI=1S/C15H20BrN3OS/c1-3-4-7-19-15(20)14(16)13(10-17-19)18-11(2)9-12-6-5-8-21-12/h5-6,8,10-11,18H,3-4,7,9H2,1-2H3. The molecule has 4 nitrogen and oxygen atoms in total. The Morgan fingerprint density at radius 3 is 3.00 bits per heavy atom. The van der Waals surface area contributed by atoms with E-state index in [-0.39, 0.29) is 11.6 Å². The third kappa shape index (κ3) is 4.41. The molecule has 0 aliphatic rings. The Hall–Kier alpha value is -1.14. The zero-order valence-corrected chi connectivity index (χ0v) is 14.7. The summed E-state index contributed by atoms with van der Waals surface area (Å²) in [7, 11) is 0. The van der Waals surface area contributed by atoms with Gasteiger partial charge in [0, 0.05) is 23.9 Å². The molecule has 2 aromatic rings. The van der Waals surface area contributed by atoms with Crippen molar-refractivity contribution in [1.82, 2.24) is 9.78 Å². The highest BCUT2D eigenvalue weighted by atomic mass is 79.9. The zero-order valence-electron chi connectivity index (χ0n) is 12.3. The van der Waals surface area contributed by atoms with Gasteiger partial charge in [0.25, 0.3) is 5.56 Å². The lowest BCUT2D eigenvalue weighted by atomic mass is 10.2. The van der Waals surface area contributed by atoms with Crippen LogP contribution in [0.25, 0.3) is 0 Å². The number of hydrogen-bond donors (Lipinski definition) is 1. The van der Waals surface area contributed by atoms with E-state index in [0.29, 0.717) is 11.0 Å². The molecule has 0 aromatic carbocycles. The molecule has 0 saturated carbocycles. The van der Waals surface area contributed by atoms with E-state index in [1.807, 2.05) is 0 Å². The van der Waals surface area contributed by atoms with Crippen molar-refractivity contribution in [2.45, 2.75) is 45.7 Å². The fourth-order valence-electron chi connectivity index (χ4n) is 2.08. The largest absolute Gasteiger partial charge is 0.380 e. The van der Waals surface area contributed by atoms with Gasteiger partial charge in [0.1, 0.15) is 4.47 Å². The predicted octanol–water partition coefficient (Wildman–Crippen LogP) is 3.91. The summed E-state index contributed by atoms with van der Waals surface area (Å²) in [5, 5.41) is 9.68. The maximum atomic E-state index is 12.2. The lowest BCUT2D eigenvalue weighted by Gasteiger charge is -2.16. The van der Waals surface area contributed by atoms with Crippen LogP contribution in [0.4, 0.5) is 5.69 Å². The molecule has 2 aromatic heterocycles. The van der Waals surface area contributed by atoms with Crippen molar-refractivity contribution in [3.63, 3.8) is 0 Å². The second-order valence-electron chi connectivity index (χ2n) is 5.08. The third-order valence-electron chi connectivity index (χ3n) is 3.20. The van der Waals surface area contributed by atoms with E-state index >= 15 is 0 Å². The second-order valence-corrected chi connectivity index (χ2v) is 6.91. The fraction of sp³-hybridized carbons (Fsp3) is 0.467. The Labute approximate surface area is 137 Å². The van der Waals surface area contributed by atoms with Gasteiger partial charge in [-0.1, -0.05) is 19.4 Å². The highest BCUT2D eigenvalue weighted by molar-refractivity contribution is 9.10. The number of hydrogen-bond acceptors (Lipinski definition) is 4. The maximum absolute atomic E-state index is 12.2. The molecule has 0 aliphatic carbocycles. The van der Waals surface area contributed by atoms with Gasteiger partial charge in [0.15, 0.2) is 0 Å². The first-order chi connectivity index (χ1) is 10.1. The Bertz CT molecular complexity index is 624. The lowest BCUT2D eigenvalue weighted by Crippen LogP contribution is -2.26. The van der Waals surface area contributed by atoms with Crippen molar-refractivity contribution >= 4 is 33.0 Å². The van der Waals surface area contributed by atoms with E-state index < -0.39 is 0 Å². The first kappa shape index (κ1) is 16.2. The first-order valence-corrected chi connectivity index (χ1v) is 8.83. The summed E-state index contributed by atoms with van der Waals surface area (Å²) >= 11 is 5.14. The number of rotatable bonds is 7. The van der Waals surface area contributed by atoms with Crippen LogP contribution in [0.1, 0.15) is 31.6 Å². The number of aromatic nitrogens is 2. The van der Waals surface area contributed by atoms with Gasteiger partial charge >= 0.3 is 0 Å². The van der Waals surface area contributed by atoms with Crippen molar-refractivity contribution in [3.05, 3.63) is 43.4 Å². The summed E-state index contributed by atoms with van der Waals surface area (Å²) in [6.45, 7) is 4.87. The van der Waals surface area contributed by atoms with Gasteiger partial charge in [-0.2, -0.15) is 5.10 Å². The van der Waals surface area contributed by atoms with Gasteiger partial charge in [-0.3, -0.25) is 4.79 Å². The Balaban J connectivity index is 2.06. The monoisotopic (exact) mass is 369 g/mol. The number of thiophene rings is 1. The molecule has 0 radical (unpaired) electrons. The summed E-state index contributed by atoms with van der Waals surface area (Å²) in [6.07, 6.45) is 4.67. The van der Waals surface area contributed by atoms with E-state index in [2.05, 4.69) is 57.7 Å². The van der Waals surface area contributed by atoms with Crippen LogP contribution in [0.15, 0.2) is 33.0 Å². The van der Waals surface area contributed by atoms with Crippen LogP contribution in [0.5, 0.6) is 0 Å². The van der Waals surface area contributed by atoms with Crippen LogP contribution in [-0.2, 0) is 13.0 Å². The zero-order chi connectivity index (χ0) is 15.2. The number of aryl methyl sites for hydroxylation is 1. The van der Waals surface area contributed by atoms with Gasteiger partial charge in [0.2, 0.25) is 0 Å². The van der Waals surface area contributed by atoms with Gasteiger partial charge in [0.05, 0.1) is 11.9 Å². The molecule has 6 heteroatoms. The molecule has 2 heterocycles. The lowest BCUT2D eigenvalue weighted by molar-refractivity contribution is 0.541. The minimum atomic E-state index is -0.0724. The van der Waals surface area contributed by atoms with Crippen molar-refractivity contribution in [1.29, 1.82) is 0 Å². The number of nitrogens with zero attached hydrogens (tertiary/aromatic N) is 2. The van der Waals surface area contributed by atoms with Crippen molar-refractivity contribution < 1.29 is 0 Å². The van der Waals surface area contributed by atoms with E-state index in [9.17, 15) is 4.79 Å². The van der Waals surface area contributed by atoms with Crippen LogP contribution < -0.4 is 10.9 Å². The summed E-state index contributed by atoms with van der Waals surface area (Å²) in [6, 6.07) is 4.42. The second kappa shape index (κ2) is 7.75. The Morgan fingerprint density at radius 2 is 2.33 bits per heavy atom. The van der Waals surface area contributed by atoms with Gasteiger partial charge in [-0.25, -0.2) is 4.68 Å². The normalized spacial score (nSPS) is 12.3. The topological polar surface area (TPSA) is 46.9 Å². The molecule has 0 bridgehead atoms. The van der Waals surface area contributed by atoms with Crippen molar-refractivity contribution in [3.8, 4) is 0 Å². The SMILES string of the molecule is CCCCn1ncc(NC(C)Cc2cccs2)c(Br)c1=O. The Kier molecular flexibility index (Phi) is 5.99. The van der Waals surface area contributed by atoms with E-state index in [0.717, 1.165) is 24.9 Å². The summed E-state index contributed by atoms with van der Waals surface area (Å²) in [5.74, 6) is 0.